The summed E-state index contributed by atoms with van der Waals surface area (Å²) in [5.74, 6) is -0.394. The summed E-state index contributed by atoms with van der Waals surface area (Å²) in [5, 5.41) is 0. The van der Waals surface area contributed by atoms with E-state index in [-0.39, 0.29) is 12.8 Å². The lowest BCUT2D eigenvalue weighted by Gasteiger charge is -2.29. The Labute approximate surface area is 128 Å². The van der Waals surface area contributed by atoms with Crippen molar-refractivity contribution in [2.24, 2.45) is 4.99 Å². The van der Waals surface area contributed by atoms with Crippen molar-refractivity contribution in [3.8, 4) is 5.75 Å². The first-order valence-electron chi connectivity index (χ1n) is 7.04. The Kier molecular flexibility index (Phi) is 6.14. The molecule has 1 aromatic rings. The molecule has 1 rings (SSSR count). The molecule has 0 saturated carbocycles. The van der Waals surface area contributed by atoms with Gasteiger partial charge in [0.1, 0.15) is 5.75 Å². The molecule has 0 spiro atoms. The smallest absolute Gasteiger partial charge is 0.420 e. The highest BCUT2D eigenvalue weighted by Crippen LogP contribution is 2.38. The molecule has 0 heterocycles. The minimum atomic E-state index is -4.71. The van der Waals surface area contributed by atoms with Crippen LogP contribution < -0.4 is 4.74 Å². The van der Waals surface area contributed by atoms with Crippen molar-refractivity contribution in [2.45, 2.75) is 44.8 Å². The van der Waals surface area contributed by atoms with Crippen LogP contribution in [0.25, 0.3) is 0 Å². The van der Waals surface area contributed by atoms with Crippen LogP contribution in [0.15, 0.2) is 29.3 Å². The largest absolute Gasteiger partial charge is 0.497 e. The van der Waals surface area contributed by atoms with E-state index in [0.29, 0.717) is 17.7 Å². The maximum absolute atomic E-state index is 13.4. The number of Topliss-reactive ketones (excluding diaryl/α,β-unsaturated/α-hetero) is 1. The van der Waals surface area contributed by atoms with Gasteiger partial charge in [0.25, 0.3) is 0 Å². The third-order valence-corrected chi connectivity index (χ3v) is 3.49. The summed E-state index contributed by atoms with van der Waals surface area (Å²) >= 11 is 0. The van der Waals surface area contributed by atoms with Gasteiger partial charge in [0.15, 0.2) is 5.78 Å². The molecule has 1 unspecified atom stereocenters. The molecule has 0 saturated heterocycles. The van der Waals surface area contributed by atoms with Gasteiger partial charge in [0, 0.05) is 6.21 Å². The van der Waals surface area contributed by atoms with E-state index in [1.807, 2.05) is 0 Å². The Bertz CT molecular complexity index is 523. The number of methoxy groups -OCH3 is 1. The molecule has 0 bridgehead atoms. The lowest BCUT2D eigenvalue weighted by molar-refractivity contribution is -0.189. The highest BCUT2D eigenvalue weighted by Gasteiger charge is 2.57. The van der Waals surface area contributed by atoms with Crippen molar-refractivity contribution in [2.75, 3.05) is 7.11 Å². The van der Waals surface area contributed by atoms with E-state index >= 15 is 0 Å². The molecule has 0 fully saturated rings. The standard InChI is InChI=1S/C16H20F3NO2/c1-4-5-10-15(12(2)21,16(17,18)19)20-11-13-6-8-14(22-3)9-7-13/h6-9,11H,4-5,10H2,1-3H3. The van der Waals surface area contributed by atoms with E-state index in [4.69, 9.17) is 4.74 Å². The normalized spacial score (nSPS) is 14.8. The second-order valence-electron chi connectivity index (χ2n) is 5.05. The summed E-state index contributed by atoms with van der Waals surface area (Å²) in [6.45, 7) is 2.71. The monoisotopic (exact) mass is 315 g/mol. The number of nitrogens with zero attached hydrogens (tertiary/aromatic N) is 1. The van der Waals surface area contributed by atoms with Crippen molar-refractivity contribution in [3.05, 3.63) is 29.8 Å². The highest BCUT2D eigenvalue weighted by atomic mass is 19.4. The van der Waals surface area contributed by atoms with Crippen LogP contribution in [0.3, 0.4) is 0 Å². The molecule has 0 aromatic heterocycles. The highest BCUT2D eigenvalue weighted by molar-refractivity contribution is 5.91. The number of hydrogen-bond acceptors (Lipinski definition) is 3. The van der Waals surface area contributed by atoms with Crippen molar-refractivity contribution in [3.63, 3.8) is 0 Å². The van der Waals surface area contributed by atoms with Gasteiger partial charge in [-0.1, -0.05) is 19.8 Å². The molecule has 1 atom stereocenters. The van der Waals surface area contributed by atoms with E-state index in [2.05, 4.69) is 4.99 Å². The predicted molar refractivity (Wildman–Crippen MR) is 79.6 cm³/mol. The van der Waals surface area contributed by atoms with Gasteiger partial charge >= 0.3 is 6.18 Å². The number of halogens is 3. The van der Waals surface area contributed by atoms with Gasteiger partial charge in [-0.05, 0) is 43.2 Å². The van der Waals surface area contributed by atoms with Crippen LogP contribution in [-0.2, 0) is 4.79 Å². The molecule has 6 heteroatoms. The van der Waals surface area contributed by atoms with Crippen molar-refractivity contribution < 1.29 is 22.7 Å². The van der Waals surface area contributed by atoms with E-state index in [9.17, 15) is 18.0 Å². The molecule has 0 amide bonds. The Morgan fingerprint density at radius 2 is 1.86 bits per heavy atom. The quantitative estimate of drug-likeness (QED) is 0.708. The van der Waals surface area contributed by atoms with Crippen LogP contribution in [0, 0.1) is 0 Å². The molecule has 0 aliphatic carbocycles. The van der Waals surface area contributed by atoms with Gasteiger partial charge in [-0.2, -0.15) is 13.2 Å². The fraction of sp³-hybridized carbons (Fsp3) is 0.500. The first kappa shape index (κ1) is 18.2. The maximum atomic E-state index is 13.4. The summed E-state index contributed by atoms with van der Waals surface area (Å²) in [6, 6.07) is 6.42. The van der Waals surface area contributed by atoms with Gasteiger partial charge < -0.3 is 4.74 Å². The predicted octanol–water partition coefficient (Wildman–Crippen LogP) is 4.19. The van der Waals surface area contributed by atoms with Gasteiger partial charge in [-0.25, -0.2) is 0 Å². The Morgan fingerprint density at radius 3 is 2.27 bits per heavy atom. The SMILES string of the molecule is CCCCC(N=Cc1ccc(OC)cc1)(C(C)=O)C(F)(F)F. The summed E-state index contributed by atoms with van der Waals surface area (Å²) in [6.07, 6.45) is -3.11. The zero-order chi connectivity index (χ0) is 16.8. The number of ether oxygens (including phenoxy) is 1. The fourth-order valence-electron chi connectivity index (χ4n) is 2.05. The number of alkyl halides is 3. The number of ketones is 1. The second kappa shape index (κ2) is 7.42. The molecule has 0 N–H and O–H groups in total. The zero-order valence-electron chi connectivity index (χ0n) is 12.9. The summed E-state index contributed by atoms with van der Waals surface area (Å²) < 4.78 is 45.2. The molecule has 22 heavy (non-hydrogen) atoms. The number of hydrogen-bond donors (Lipinski definition) is 0. The van der Waals surface area contributed by atoms with Crippen molar-refractivity contribution in [1.82, 2.24) is 0 Å². The van der Waals surface area contributed by atoms with Crippen molar-refractivity contribution in [1.29, 1.82) is 0 Å². The molecule has 0 aliphatic rings. The minimum Gasteiger partial charge on any atom is -0.497 e. The topological polar surface area (TPSA) is 38.7 Å². The first-order valence-corrected chi connectivity index (χ1v) is 7.04. The minimum absolute atomic E-state index is 0.277. The number of benzene rings is 1. The fourth-order valence-corrected chi connectivity index (χ4v) is 2.05. The van der Waals surface area contributed by atoms with Gasteiger partial charge in [-0.15, -0.1) is 0 Å². The number of carbonyl (C=O) groups is 1. The second-order valence-corrected chi connectivity index (χ2v) is 5.05. The lowest BCUT2D eigenvalue weighted by atomic mass is 9.88. The Balaban J connectivity index is 3.14. The summed E-state index contributed by atoms with van der Waals surface area (Å²) in [5.41, 5.74) is -2.18. The van der Waals surface area contributed by atoms with E-state index in [1.165, 1.54) is 7.11 Å². The lowest BCUT2D eigenvalue weighted by Crippen LogP contribution is -2.49. The number of rotatable bonds is 7. The molecule has 3 nitrogen and oxygen atoms in total. The molecule has 122 valence electrons. The van der Waals surface area contributed by atoms with Gasteiger partial charge in [-0.3, -0.25) is 9.79 Å². The molecule has 0 aliphatic heterocycles. The molecular weight excluding hydrogens is 295 g/mol. The summed E-state index contributed by atoms with van der Waals surface area (Å²) in [7, 11) is 1.50. The van der Waals surface area contributed by atoms with Gasteiger partial charge in [0.05, 0.1) is 7.11 Å². The van der Waals surface area contributed by atoms with Crippen LogP contribution in [0.5, 0.6) is 5.75 Å². The zero-order valence-corrected chi connectivity index (χ0v) is 12.9. The van der Waals surface area contributed by atoms with Gasteiger partial charge in [0.2, 0.25) is 5.54 Å². The summed E-state index contributed by atoms with van der Waals surface area (Å²) in [4.78, 5) is 15.3. The van der Waals surface area contributed by atoms with E-state index in [1.54, 1.807) is 31.2 Å². The van der Waals surface area contributed by atoms with Crippen LogP contribution in [0.2, 0.25) is 0 Å². The number of unbranched alkanes of at least 4 members (excludes halogenated alkanes) is 1. The molecule has 0 radical (unpaired) electrons. The van der Waals surface area contributed by atoms with Crippen molar-refractivity contribution >= 4 is 12.0 Å². The molecule has 1 aromatic carbocycles. The number of aliphatic imine (C=N–C) groups is 1. The third-order valence-electron chi connectivity index (χ3n) is 3.49. The average molecular weight is 315 g/mol. The van der Waals surface area contributed by atoms with E-state index in [0.717, 1.165) is 13.1 Å². The number of carbonyl (C=O) groups excluding carboxylic acids is 1. The molecular formula is C16H20F3NO2. The Hall–Kier alpha value is -1.85. The maximum Gasteiger partial charge on any atom is 0.420 e. The van der Waals surface area contributed by atoms with E-state index < -0.39 is 17.5 Å². The average Bonchev–Trinajstić information content (AvgIpc) is 2.46. The third kappa shape index (κ3) is 4.08. The Morgan fingerprint density at radius 1 is 1.27 bits per heavy atom. The van der Waals surface area contributed by atoms with Crippen LogP contribution >= 0.6 is 0 Å². The van der Waals surface area contributed by atoms with Crippen LogP contribution in [0.4, 0.5) is 13.2 Å². The van der Waals surface area contributed by atoms with Crippen LogP contribution in [-0.4, -0.2) is 30.8 Å². The first-order chi connectivity index (χ1) is 10.3. The van der Waals surface area contributed by atoms with Crippen LogP contribution in [0.1, 0.15) is 38.7 Å².